The molecule has 2 aliphatic rings. The van der Waals surface area contributed by atoms with Gasteiger partial charge in [-0.05, 0) is 12.0 Å². The number of rotatable bonds is 2. The van der Waals surface area contributed by atoms with Crippen molar-refractivity contribution >= 4 is 11.8 Å². The Morgan fingerprint density at radius 3 is 2.89 bits per heavy atom. The third-order valence-electron chi connectivity index (χ3n) is 3.81. The number of nitrogens with zero attached hydrogens (tertiary/aromatic N) is 1. The van der Waals surface area contributed by atoms with Crippen LogP contribution in [-0.4, -0.2) is 35.3 Å². The molecular formula is C14H16N2O2. The summed E-state index contributed by atoms with van der Waals surface area (Å²) in [5, 5.41) is 2.93. The molecule has 1 aromatic rings. The van der Waals surface area contributed by atoms with Crippen molar-refractivity contribution in [3.05, 3.63) is 35.9 Å². The van der Waals surface area contributed by atoms with Crippen LogP contribution in [0.4, 0.5) is 0 Å². The van der Waals surface area contributed by atoms with E-state index in [0.717, 1.165) is 18.5 Å². The Morgan fingerprint density at radius 1 is 1.33 bits per heavy atom. The Morgan fingerprint density at radius 2 is 2.11 bits per heavy atom. The molecule has 0 aromatic heterocycles. The summed E-state index contributed by atoms with van der Waals surface area (Å²) in [7, 11) is 0. The SMILES string of the molecule is O=C1C[C@@H]2[C@H](CCN2C(=O)Cc2ccccc2)N1. The van der Waals surface area contributed by atoms with Gasteiger partial charge in [0.15, 0.2) is 0 Å². The van der Waals surface area contributed by atoms with Crippen LogP contribution in [0.5, 0.6) is 0 Å². The summed E-state index contributed by atoms with van der Waals surface area (Å²) in [5.41, 5.74) is 1.03. The van der Waals surface area contributed by atoms with Crippen LogP contribution in [-0.2, 0) is 16.0 Å². The molecule has 18 heavy (non-hydrogen) atoms. The Balaban J connectivity index is 1.68. The molecule has 4 heteroatoms. The molecule has 2 saturated heterocycles. The zero-order chi connectivity index (χ0) is 12.5. The molecule has 4 nitrogen and oxygen atoms in total. The van der Waals surface area contributed by atoms with E-state index < -0.39 is 0 Å². The minimum Gasteiger partial charge on any atom is -0.351 e. The summed E-state index contributed by atoms with van der Waals surface area (Å²) in [6.07, 6.45) is 1.78. The molecule has 0 aliphatic carbocycles. The van der Waals surface area contributed by atoms with E-state index >= 15 is 0 Å². The summed E-state index contributed by atoms with van der Waals surface area (Å²) in [6.45, 7) is 0.765. The number of amides is 2. The maximum absolute atomic E-state index is 12.3. The summed E-state index contributed by atoms with van der Waals surface area (Å²) in [4.78, 5) is 25.5. The van der Waals surface area contributed by atoms with Crippen molar-refractivity contribution in [3.63, 3.8) is 0 Å². The molecule has 94 valence electrons. The molecule has 0 saturated carbocycles. The molecule has 1 aromatic carbocycles. The maximum atomic E-state index is 12.3. The average Bonchev–Trinajstić information content (AvgIpc) is 2.88. The first-order valence-corrected chi connectivity index (χ1v) is 6.37. The lowest BCUT2D eigenvalue weighted by atomic mass is 10.1. The van der Waals surface area contributed by atoms with Gasteiger partial charge in [0, 0.05) is 13.0 Å². The van der Waals surface area contributed by atoms with Gasteiger partial charge in [0.2, 0.25) is 11.8 Å². The molecule has 0 unspecified atom stereocenters. The lowest BCUT2D eigenvalue weighted by molar-refractivity contribution is -0.131. The summed E-state index contributed by atoms with van der Waals surface area (Å²) in [5.74, 6) is 0.201. The predicted octanol–water partition coefficient (Wildman–Crippen LogP) is 0.718. The second kappa shape index (κ2) is 4.44. The molecule has 2 fully saturated rings. The molecule has 2 amide bonds. The highest BCUT2D eigenvalue weighted by atomic mass is 16.2. The van der Waals surface area contributed by atoms with Gasteiger partial charge in [-0.3, -0.25) is 9.59 Å². The van der Waals surface area contributed by atoms with Crippen LogP contribution in [0.2, 0.25) is 0 Å². The van der Waals surface area contributed by atoms with Gasteiger partial charge in [0.05, 0.1) is 18.5 Å². The summed E-state index contributed by atoms with van der Waals surface area (Å²) < 4.78 is 0. The topological polar surface area (TPSA) is 49.4 Å². The Labute approximate surface area is 106 Å². The fourth-order valence-electron chi connectivity index (χ4n) is 2.91. The van der Waals surface area contributed by atoms with Gasteiger partial charge < -0.3 is 10.2 Å². The first-order chi connectivity index (χ1) is 8.74. The third kappa shape index (κ3) is 1.98. The molecule has 0 spiro atoms. The molecule has 0 bridgehead atoms. The molecule has 3 rings (SSSR count). The van der Waals surface area contributed by atoms with Crippen LogP contribution in [0, 0.1) is 0 Å². The number of hydrogen-bond acceptors (Lipinski definition) is 2. The van der Waals surface area contributed by atoms with E-state index in [1.54, 1.807) is 0 Å². The van der Waals surface area contributed by atoms with Crippen LogP contribution in [0.15, 0.2) is 30.3 Å². The number of carbonyl (C=O) groups is 2. The van der Waals surface area contributed by atoms with Crippen LogP contribution >= 0.6 is 0 Å². The quantitative estimate of drug-likeness (QED) is 0.833. The van der Waals surface area contributed by atoms with Crippen LogP contribution in [0.1, 0.15) is 18.4 Å². The zero-order valence-corrected chi connectivity index (χ0v) is 10.1. The van der Waals surface area contributed by atoms with Crippen molar-refractivity contribution < 1.29 is 9.59 Å². The monoisotopic (exact) mass is 244 g/mol. The lowest BCUT2D eigenvalue weighted by Crippen LogP contribution is -2.39. The number of fused-ring (bicyclic) bond motifs is 1. The van der Waals surface area contributed by atoms with Crippen molar-refractivity contribution in [1.82, 2.24) is 10.2 Å². The Kier molecular flexibility index (Phi) is 2.78. The molecule has 1 N–H and O–H groups in total. The highest BCUT2D eigenvalue weighted by molar-refractivity contribution is 5.84. The molecular weight excluding hydrogens is 228 g/mol. The fourth-order valence-corrected chi connectivity index (χ4v) is 2.91. The van der Waals surface area contributed by atoms with Crippen molar-refractivity contribution in [1.29, 1.82) is 0 Å². The van der Waals surface area contributed by atoms with Gasteiger partial charge in [0.1, 0.15) is 0 Å². The molecule has 2 aliphatic heterocycles. The maximum Gasteiger partial charge on any atom is 0.227 e. The summed E-state index contributed by atoms with van der Waals surface area (Å²) >= 11 is 0. The standard InChI is InChI=1S/C14H16N2O2/c17-13-9-12-11(15-13)6-7-16(12)14(18)8-10-4-2-1-3-5-10/h1-5,11-12H,6-9H2,(H,15,17)/t11-,12+/m0/s1. The summed E-state index contributed by atoms with van der Waals surface area (Å²) in [6, 6.07) is 10.0. The second-order valence-corrected chi connectivity index (χ2v) is 4.98. The molecule has 0 radical (unpaired) electrons. The minimum absolute atomic E-state index is 0.0715. The van der Waals surface area contributed by atoms with Crippen LogP contribution < -0.4 is 5.32 Å². The van der Waals surface area contributed by atoms with E-state index in [0.29, 0.717) is 12.8 Å². The van der Waals surface area contributed by atoms with Gasteiger partial charge in [-0.25, -0.2) is 0 Å². The van der Waals surface area contributed by atoms with E-state index in [9.17, 15) is 9.59 Å². The van der Waals surface area contributed by atoms with Gasteiger partial charge in [-0.15, -0.1) is 0 Å². The van der Waals surface area contributed by atoms with E-state index in [4.69, 9.17) is 0 Å². The fraction of sp³-hybridized carbons (Fsp3) is 0.429. The molecule has 2 atom stereocenters. The van der Waals surface area contributed by atoms with E-state index in [1.165, 1.54) is 0 Å². The first-order valence-electron chi connectivity index (χ1n) is 6.37. The normalized spacial score (nSPS) is 26.0. The van der Waals surface area contributed by atoms with E-state index in [-0.39, 0.29) is 23.9 Å². The number of nitrogens with one attached hydrogen (secondary N) is 1. The smallest absolute Gasteiger partial charge is 0.227 e. The van der Waals surface area contributed by atoms with Gasteiger partial charge in [-0.1, -0.05) is 30.3 Å². The van der Waals surface area contributed by atoms with Crippen LogP contribution in [0.25, 0.3) is 0 Å². The van der Waals surface area contributed by atoms with Gasteiger partial charge in [-0.2, -0.15) is 0 Å². The van der Waals surface area contributed by atoms with Gasteiger partial charge in [0.25, 0.3) is 0 Å². The van der Waals surface area contributed by atoms with Gasteiger partial charge >= 0.3 is 0 Å². The minimum atomic E-state index is 0.0715. The molecule has 2 heterocycles. The van der Waals surface area contributed by atoms with Crippen molar-refractivity contribution in [2.75, 3.05) is 6.54 Å². The number of likely N-dealkylation sites (tertiary alicyclic amines) is 1. The van der Waals surface area contributed by atoms with Crippen molar-refractivity contribution in [2.45, 2.75) is 31.3 Å². The lowest BCUT2D eigenvalue weighted by Gasteiger charge is -2.22. The largest absolute Gasteiger partial charge is 0.351 e. The van der Waals surface area contributed by atoms with E-state index in [1.807, 2.05) is 35.2 Å². The average molecular weight is 244 g/mol. The highest BCUT2D eigenvalue weighted by Crippen LogP contribution is 2.26. The second-order valence-electron chi connectivity index (χ2n) is 4.98. The Hall–Kier alpha value is -1.84. The first kappa shape index (κ1) is 11.3. The van der Waals surface area contributed by atoms with Crippen molar-refractivity contribution in [3.8, 4) is 0 Å². The zero-order valence-electron chi connectivity index (χ0n) is 10.1. The van der Waals surface area contributed by atoms with Crippen molar-refractivity contribution in [2.24, 2.45) is 0 Å². The number of carbonyl (C=O) groups excluding carboxylic acids is 2. The predicted molar refractivity (Wildman–Crippen MR) is 66.8 cm³/mol. The Bertz CT molecular complexity index is 472. The van der Waals surface area contributed by atoms with Crippen LogP contribution in [0.3, 0.4) is 0 Å². The van der Waals surface area contributed by atoms with E-state index in [2.05, 4.69) is 5.32 Å². The highest BCUT2D eigenvalue weighted by Gasteiger charge is 2.43. The third-order valence-corrected chi connectivity index (χ3v) is 3.81. The number of benzene rings is 1. The number of hydrogen-bond donors (Lipinski definition) is 1.